The number of aliphatic hydroxyl groups excluding tert-OH is 1. The van der Waals surface area contributed by atoms with Gasteiger partial charge in [0.25, 0.3) is 0 Å². The Morgan fingerprint density at radius 3 is 2.73 bits per heavy atom. The number of aliphatic hydroxyl groups is 1. The normalized spacial score (nSPS) is 12.1. The van der Waals surface area contributed by atoms with Gasteiger partial charge in [-0.3, -0.25) is 4.79 Å². The van der Waals surface area contributed by atoms with Gasteiger partial charge in [0.15, 0.2) is 0 Å². The summed E-state index contributed by atoms with van der Waals surface area (Å²) in [5, 5.41) is 12.6. The van der Waals surface area contributed by atoms with E-state index in [0.717, 1.165) is 16.9 Å². The summed E-state index contributed by atoms with van der Waals surface area (Å²) in [5.74, 6) is 0.486. The Bertz CT molecular complexity index is 638. The lowest BCUT2D eigenvalue weighted by Gasteiger charge is -2.10. The van der Waals surface area contributed by atoms with Crippen LogP contribution in [0.5, 0.6) is 5.75 Å². The molecule has 0 aliphatic carbocycles. The van der Waals surface area contributed by atoms with Crippen LogP contribution >= 0.6 is 0 Å². The van der Waals surface area contributed by atoms with E-state index in [9.17, 15) is 9.90 Å². The lowest BCUT2D eigenvalue weighted by atomic mass is 10.1. The van der Waals surface area contributed by atoms with Crippen molar-refractivity contribution < 1.29 is 14.6 Å². The van der Waals surface area contributed by atoms with Crippen molar-refractivity contribution in [2.24, 2.45) is 0 Å². The number of amides is 1. The molecule has 0 radical (unpaired) electrons. The van der Waals surface area contributed by atoms with Gasteiger partial charge in [-0.25, -0.2) is 0 Å². The average molecular weight is 297 g/mol. The molecule has 0 fully saturated rings. The number of hydrogen-bond acceptors (Lipinski definition) is 3. The van der Waals surface area contributed by atoms with Crippen LogP contribution in [0, 0.1) is 0 Å². The SMILES string of the molecule is COc1cccc(/C=C/C(=O)NC[C@@H](O)c2ccccc2)c1. The standard InChI is InChI=1S/C18H19NO3/c1-22-16-9-5-6-14(12-16)10-11-18(21)19-13-17(20)15-7-3-2-4-8-15/h2-12,17,20H,13H2,1H3,(H,19,21)/b11-10+/t17-/m1/s1. The van der Waals surface area contributed by atoms with Crippen LogP contribution in [-0.4, -0.2) is 24.7 Å². The van der Waals surface area contributed by atoms with Gasteiger partial charge in [-0.05, 0) is 29.3 Å². The number of rotatable bonds is 6. The molecule has 1 amide bonds. The minimum atomic E-state index is -0.713. The Kier molecular flexibility index (Phi) is 5.74. The van der Waals surface area contributed by atoms with Gasteiger partial charge in [-0.2, -0.15) is 0 Å². The molecule has 0 saturated heterocycles. The molecule has 0 heterocycles. The first-order valence-corrected chi connectivity index (χ1v) is 7.02. The average Bonchev–Trinajstić information content (AvgIpc) is 2.58. The van der Waals surface area contributed by atoms with E-state index in [1.54, 1.807) is 13.2 Å². The Balaban J connectivity index is 1.86. The maximum Gasteiger partial charge on any atom is 0.244 e. The van der Waals surface area contributed by atoms with E-state index in [-0.39, 0.29) is 12.5 Å². The number of hydrogen-bond donors (Lipinski definition) is 2. The fourth-order valence-electron chi connectivity index (χ4n) is 1.97. The Morgan fingerprint density at radius 1 is 1.23 bits per heavy atom. The van der Waals surface area contributed by atoms with Crippen molar-refractivity contribution >= 4 is 12.0 Å². The summed E-state index contributed by atoms with van der Waals surface area (Å²) in [5.41, 5.74) is 1.65. The molecule has 2 aromatic rings. The Labute approximate surface area is 130 Å². The summed E-state index contributed by atoms with van der Waals surface area (Å²) in [6.45, 7) is 0.172. The number of nitrogens with one attached hydrogen (secondary N) is 1. The second-order valence-electron chi connectivity index (χ2n) is 4.78. The molecule has 0 aromatic heterocycles. The van der Waals surface area contributed by atoms with E-state index < -0.39 is 6.10 Å². The lowest BCUT2D eigenvalue weighted by Crippen LogP contribution is -2.26. The molecule has 2 rings (SSSR count). The van der Waals surface area contributed by atoms with E-state index >= 15 is 0 Å². The van der Waals surface area contributed by atoms with Crippen LogP contribution in [0.15, 0.2) is 60.7 Å². The van der Waals surface area contributed by atoms with E-state index in [1.807, 2.05) is 54.6 Å². The third-order valence-electron chi connectivity index (χ3n) is 3.17. The van der Waals surface area contributed by atoms with Crippen molar-refractivity contribution in [1.82, 2.24) is 5.32 Å². The molecule has 0 bridgehead atoms. The predicted octanol–water partition coefficient (Wildman–Crippen LogP) is 2.56. The monoisotopic (exact) mass is 297 g/mol. The number of methoxy groups -OCH3 is 1. The summed E-state index contributed by atoms with van der Waals surface area (Å²) in [6.07, 6.45) is 2.43. The first-order valence-electron chi connectivity index (χ1n) is 7.02. The highest BCUT2D eigenvalue weighted by molar-refractivity contribution is 5.91. The molecular formula is C18H19NO3. The molecule has 2 aromatic carbocycles. The van der Waals surface area contributed by atoms with E-state index in [4.69, 9.17) is 4.74 Å². The van der Waals surface area contributed by atoms with Gasteiger partial charge < -0.3 is 15.2 Å². The molecule has 0 aliphatic heterocycles. The molecule has 0 spiro atoms. The van der Waals surface area contributed by atoms with Gasteiger partial charge in [-0.15, -0.1) is 0 Å². The molecule has 4 nitrogen and oxygen atoms in total. The van der Waals surface area contributed by atoms with E-state index in [2.05, 4.69) is 5.32 Å². The highest BCUT2D eigenvalue weighted by atomic mass is 16.5. The number of carbonyl (C=O) groups is 1. The second kappa shape index (κ2) is 8.00. The van der Waals surface area contributed by atoms with E-state index in [0.29, 0.717) is 0 Å². The fourth-order valence-corrected chi connectivity index (χ4v) is 1.97. The second-order valence-corrected chi connectivity index (χ2v) is 4.78. The van der Waals surface area contributed by atoms with Crippen LogP contribution in [0.3, 0.4) is 0 Å². The summed E-state index contributed by atoms with van der Waals surface area (Å²) in [6, 6.07) is 16.6. The molecule has 114 valence electrons. The zero-order valence-electron chi connectivity index (χ0n) is 12.4. The van der Waals surface area contributed by atoms with Crippen LogP contribution < -0.4 is 10.1 Å². The first kappa shape index (κ1) is 15.8. The van der Waals surface area contributed by atoms with E-state index in [1.165, 1.54) is 6.08 Å². The van der Waals surface area contributed by atoms with Gasteiger partial charge in [0.05, 0.1) is 13.2 Å². The highest BCUT2D eigenvalue weighted by Gasteiger charge is 2.07. The summed E-state index contributed by atoms with van der Waals surface area (Å²) < 4.78 is 5.12. The largest absolute Gasteiger partial charge is 0.497 e. The first-order chi connectivity index (χ1) is 10.7. The third-order valence-corrected chi connectivity index (χ3v) is 3.17. The van der Waals surface area contributed by atoms with Crippen LogP contribution in [0.1, 0.15) is 17.2 Å². The molecule has 1 atom stereocenters. The quantitative estimate of drug-likeness (QED) is 0.806. The van der Waals surface area contributed by atoms with Crippen molar-refractivity contribution in [2.75, 3.05) is 13.7 Å². The van der Waals surface area contributed by atoms with Gasteiger partial charge in [0.2, 0.25) is 5.91 Å². The maximum atomic E-state index is 11.8. The molecule has 22 heavy (non-hydrogen) atoms. The van der Waals surface area contributed by atoms with Crippen molar-refractivity contribution in [2.45, 2.75) is 6.10 Å². The zero-order chi connectivity index (χ0) is 15.8. The molecular weight excluding hydrogens is 278 g/mol. The maximum absolute atomic E-state index is 11.8. The van der Waals surface area contributed by atoms with Crippen LogP contribution in [0.2, 0.25) is 0 Å². The van der Waals surface area contributed by atoms with Gasteiger partial charge in [0.1, 0.15) is 5.75 Å². The number of carbonyl (C=O) groups excluding carboxylic acids is 1. The van der Waals surface area contributed by atoms with Crippen molar-refractivity contribution in [1.29, 1.82) is 0 Å². The molecule has 4 heteroatoms. The topological polar surface area (TPSA) is 58.6 Å². The molecule has 0 unspecified atom stereocenters. The van der Waals surface area contributed by atoms with Gasteiger partial charge in [0, 0.05) is 12.6 Å². The highest BCUT2D eigenvalue weighted by Crippen LogP contribution is 2.13. The predicted molar refractivity (Wildman–Crippen MR) is 86.4 cm³/mol. The van der Waals surface area contributed by atoms with Gasteiger partial charge in [-0.1, -0.05) is 42.5 Å². The lowest BCUT2D eigenvalue weighted by molar-refractivity contribution is -0.116. The molecule has 2 N–H and O–H groups in total. The van der Waals surface area contributed by atoms with Crippen LogP contribution in [0.4, 0.5) is 0 Å². The van der Waals surface area contributed by atoms with Crippen LogP contribution in [0.25, 0.3) is 6.08 Å². The number of ether oxygens (including phenoxy) is 1. The van der Waals surface area contributed by atoms with Crippen LogP contribution in [-0.2, 0) is 4.79 Å². The van der Waals surface area contributed by atoms with Crippen molar-refractivity contribution in [3.8, 4) is 5.75 Å². The summed E-state index contributed by atoms with van der Waals surface area (Å²) in [7, 11) is 1.60. The Hall–Kier alpha value is -2.59. The molecule has 0 saturated carbocycles. The minimum absolute atomic E-state index is 0.172. The smallest absolute Gasteiger partial charge is 0.244 e. The number of benzene rings is 2. The summed E-state index contributed by atoms with van der Waals surface area (Å²) >= 11 is 0. The van der Waals surface area contributed by atoms with Crippen molar-refractivity contribution in [3.05, 3.63) is 71.8 Å². The fraction of sp³-hybridized carbons (Fsp3) is 0.167. The van der Waals surface area contributed by atoms with Gasteiger partial charge >= 0.3 is 0 Å². The van der Waals surface area contributed by atoms with Crippen molar-refractivity contribution in [3.63, 3.8) is 0 Å². The minimum Gasteiger partial charge on any atom is -0.497 e. The molecule has 0 aliphatic rings. The summed E-state index contributed by atoms with van der Waals surface area (Å²) in [4.78, 5) is 11.8. The third kappa shape index (κ3) is 4.75. The Morgan fingerprint density at radius 2 is 2.00 bits per heavy atom. The zero-order valence-corrected chi connectivity index (χ0v) is 12.4.